The molecule has 5 N–H and O–H groups in total. The van der Waals surface area contributed by atoms with Crippen LogP contribution >= 0.6 is 12.2 Å². The van der Waals surface area contributed by atoms with Gasteiger partial charge >= 0.3 is 5.97 Å². The van der Waals surface area contributed by atoms with Crippen LogP contribution in [-0.4, -0.2) is 47.1 Å². The number of nitrogens with zero attached hydrogens (tertiary/aromatic N) is 1. The van der Waals surface area contributed by atoms with E-state index >= 15 is 0 Å². The molecule has 0 spiro atoms. The number of hydrogen-bond donors (Lipinski definition) is 4. The molecule has 0 bridgehead atoms. The van der Waals surface area contributed by atoms with E-state index in [-0.39, 0.29) is 33.3 Å². The van der Waals surface area contributed by atoms with E-state index in [9.17, 15) is 19.5 Å². The average Bonchev–Trinajstić information content (AvgIpc) is 2.84. The van der Waals surface area contributed by atoms with Gasteiger partial charge in [0, 0.05) is 16.7 Å². The van der Waals surface area contributed by atoms with Crippen LogP contribution in [0.2, 0.25) is 0 Å². The summed E-state index contributed by atoms with van der Waals surface area (Å²) >= 11 is 4.90. The van der Waals surface area contributed by atoms with E-state index in [0.29, 0.717) is 17.1 Å². The second-order valence-corrected chi connectivity index (χ2v) is 7.26. The predicted molar refractivity (Wildman–Crippen MR) is 129 cm³/mol. The first-order valence-corrected chi connectivity index (χ1v) is 10.1. The Hall–Kier alpha value is -4.51. The van der Waals surface area contributed by atoms with Gasteiger partial charge in [-0.3, -0.25) is 9.59 Å². The minimum Gasteiger partial charge on any atom is -0.493 e. The predicted octanol–water partition coefficient (Wildman–Crippen LogP) is 2.94. The Morgan fingerprint density at radius 1 is 0.853 bits per heavy atom. The average molecular weight is 481 g/mol. The van der Waals surface area contributed by atoms with Crippen LogP contribution in [0.5, 0.6) is 11.5 Å². The first-order chi connectivity index (χ1) is 16.2. The molecule has 0 aliphatic carbocycles. The van der Waals surface area contributed by atoms with Gasteiger partial charge in [0.25, 0.3) is 11.8 Å². The minimum absolute atomic E-state index is 0.0953. The summed E-state index contributed by atoms with van der Waals surface area (Å²) < 4.78 is 10.4. The van der Waals surface area contributed by atoms with Gasteiger partial charge in [-0.15, -0.1) is 0 Å². The molecule has 10 nitrogen and oxygen atoms in total. The van der Waals surface area contributed by atoms with Crippen LogP contribution in [0.4, 0.5) is 11.5 Å². The van der Waals surface area contributed by atoms with Gasteiger partial charge in [0.05, 0.1) is 19.9 Å². The lowest BCUT2D eigenvalue weighted by molar-refractivity contribution is 0.0690. The number of methoxy groups -OCH3 is 2. The molecule has 0 radical (unpaired) electrons. The molecule has 174 valence electrons. The van der Waals surface area contributed by atoms with E-state index < -0.39 is 17.8 Å². The topological polar surface area (TPSA) is 153 Å². The Balaban J connectivity index is 1.89. The van der Waals surface area contributed by atoms with Crippen LogP contribution in [0.1, 0.15) is 36.8 Å². The number of pyridine rings is 1. The molecular weight excluding hydrogens is 460 g/mol. The van der Waals surface area contributed by atoms with Crippen molar-refractivity contribution in [3.63, 3.8) is 0 Å². The van der Waals surface area contributed by atoms with Crippen LogP contribution < -0.4 is 25.8 Å². The van der Waals surface area contributed by atoms with E-state index in [1.807, 2.05) is 0 Å². The van der Waals surface area contributed by atoms with Gasteiger partial charge in [-0.25, -0.2) is 9.78 Å². The lowest BCUT2D eigenvalue weighted by Gasteiger charge is -2.13. The number of aromatic nitrogens is 1. The van der Waals surface area contributed by atoms with Crippen molar-refractivity contribution in [2.45, 2.75) is 0 Å². The molecule has 0 saturated carbocycles. The number of aromatic carboxylic acids is 1. The SMILES string of the molecule is COc1ccc(C(=O)Nc2ccc(C(=O)O)nc2NC(=O)c2ccc(C(N)=S)cc2)cc1OC. The normalized spacial score (nSPS) is 10.2. The van der Waals surface area contributed by atoms with Crippen molar-refractivity contribution in [3.8, 4) is 11.5 Å². The maximum Gasteiger partial charge on any atom is 0.354 e. The van der Waals surface area contributed by atoms with Crippen LogP contribution in [-0.2, 0) is 0 Å². The monoisotopic (exact) mass is 480 g/mol. The molecule has 2 aromatic carbocycles. The number of nitrogens with one attached hydrogen (secondary N) is 2. The lowest BCUT2D eigenvalue weighted by atomic mass is 10.1. The molecule has 0 aliphatic rings. The number of ether oxygens (including phenoxy) is 2. The van der Waals surface area contributed by atoms with Crippen molar-refractivity contribution < 1.29 is 29.0 Å². The third-order valence-electron chi connectivity index (χ3n) is 4.67. The number of benzene rings is 2. The fourth-order valence-electron chi connectivity index (χ4n) is 2.91. The molecule has 0 fully saturated rings. The first-order valence-electron chi connectivity index (χ1n) is 9.72. The summed E-state index contributed by atoms with van der Waals surface area (Å²) in [5, 5.41) is 14.4. The van der Waals surface area contributed by atoms with Gasteiger partial charge in [0.2, 0.25) is 0 Å². The summed E-state index contributed by atoms with van der Waals surface area (Å²) in [5.41, 5.74) is 6.42. The molecular formula is C23H20N4O6S. The zero-order valence-electron chi connectivity index (χ0n) is 18.1. The summed E-state index contributed by atoms with van der Waals surface area (Å²) in [7, 11) is 2.91. The largest absolute Gasteiger partial charge is 0.493 e. The number of rotatable bonds is 8. The second kappa shape index (κ2) is 10.4. The molecule has 34 heavy (non-hydrogen) atoms. The molecule has 0 unspecified atom stereocenters. The summed E-state index contributed by atoms with van der Waals surface area (Å²) in [4.78, 5) is 41.1. The smallest absolute Gasteiger partial charge is 0.354 e. The van der Waals surface area contributed by atoms with E-state index in [1.54, 1.807) is 18.2 Å². The highest BCUT2D eigenvalue weighted by Crippen LogP contribution is 2.28. The zero-order chi connectivity index (χ0) is 24.8. The maximum absolute atomic E-state index is 12.8. The molecule has 0 aliphatic heterocycles. The van der Waals surface area contributed by atoms with E-state index in [1.165, 1.54) is 50.6 Å². The molecule has 3 aromatic rings. The van der Waals surface area contributed by atoms with Gasteiger partial charge in [-0.1, -0.05) is 24.4 Å². The molecule has 1 heterocycles. The molecule has 1 aromatic heterocycles. The van der Waals surface area contributed by atoms with Crippen molar-refractivity contribution >= 4 is 46.5 Å². The lowest BCUT2D eigenvalue weighted by Crippen LogP contribution is -2.19. The first kappa shape index (κ1) is 24.1. The second-order valence-electron chi connectivity index (χ2n) is 6.82. The Morgan fingerprint density at radius 2 is 1.44 bits per heavy atom. The third kappa shape index (κ3) is 5.45. The fraction of sp³-hybridized carbons (Fsp3) is 0.0870. The molecule has 3 rings (SSSR count). The van der Waals surface area contributed by atoms with Crippen LogP contribution in [0.15, 0.2) is 54.6 Å². The van der Waals surface area contributed by atoms with Crippen molar-refractivity contribution in [1.82, 2.24) is 4.98 Å². The van der Waals surface area contributed by atoms with E-state index in [0.717, 1.165) is 0 Å². The number of carboxylic acids is 1. The van der Waals surface area contributed by atoms with Crippen molar-refractivity contribution in [1.29, 1.82) is 0 Å². The highest BCUT2D eigenvalue weighted by atomic mass is 32.1. The zero-order valence-corrected chi connectivity index (χ0v) is 18.9. The molecule has 0 atom stereocenters. The van der Waals surface area contributed by atoms with Crippen LogP contribution in [0.3, 0.4) is 0 Å². The number of nitrogens with two attached hydrogens (primary N) is 1. The van der Waals surface area contributed by atoms with Crippen LogP contribution in [0.25, 0.3) is 0 Å². The Bertz CT molecular complexity index is 1280. The van der Waals surface area contributed by atoms with Crippen molar-refractivity contribution in [3.05, 3.63) is 77.0 Å². The highest BCUT2D eigenvalue weighted by molar-refractivity contribution is 7.80. The minimum atomic E-state index is -1.30. The Labute approximate surface area is 199 Å². The van der Waals surface area contributed by atoms with Crippen molar-refractivity contribution in [2.24, 2.45) is 5.73 Å². The Kier molecular flexibility index (Phi) is 7.39. The van der Waals surface area contributed by atoms with Crippen molar-refractivity contribution in [2.75, 3.05) is 24.9 Å². The fourth-order valence-corrected chi connectivity index (χ4v) is 3.05. The molecule has 11 heteroatoms. The number of hydrogen-bond acceptors (Lipinski definition) is 7. The number of carbonyl (C=O) groups excluding carboxylic acids is 2. The van der Waals surface area contributed by atoms with Gasteiger partial charge in [-0.2, -0.15) is 0 Å². The number of thiocarbonyl (C=S) groups is 1. The van der Waals surface area contributed by atoms with Gasteiger partial charge in [0.1, 0.15) is 4.99 Å². The van der Waals surface area contributed by atoms with E-state index in [4.69, 9.17) is 27.4 Å². The Morgan fingerprint density at radius 3 is 2.03 bits per heavy atom. The number of carboxylic acid groups (broad SMARTS) is 1. The molecule has 2 amide bonds. The summed E-state index contributed by atoms with van der Waals surface area (Å²) in [6.07, 6.45) is 0. The van der Waals surface area contributed by atoms with E-state index in [2.05, 4.69) is 15.6 Å². The number of carbonyl (C=O) groups is 3. The van der Waals surface area contributed by atoms with Gasteiger partial charge in [0.15, 0.2) is 23.0 Å². The maximum atomic E-state index is 12.8. The summed E-state index contributed by atoms with van der Waals surface area (Å²) in [6, 6.07) is 13.3. The quantitative estimate of drug-likeness (QED) is 0.356. The number of amides is 2. The summed E-state index contributed by atoms with van der Waals surface area (Å²) in [5.74, 6) is -1.76. The molecule has 0 saturated heterocycles. The van der Waals surface area contributed by atoms with Gasteiger partial charge < -0.3 is 30.9 Å². The third-order valence-corrected chi connectivity index (χ3v) is 4.91. The standard InChI is InChI=1S/C23H20N4O6S/c1-32-17-10-7-14(11-18(17)33-2)22(29)26-15-8-9-16(23(30)31)25-20(15)27-21(28)13-5-3-12(4-6-13)19(24)34/h3-11H,1-2H3,(H2,24,34)(H,26,29)(H,30,31)(H,25,27,28). The van der Waals surface area contributed by atoms with Gasteiger partial charge in [-0.05, 0) is 42.5 Å². The van der Waals surface area contributed by atoms with Crippen LogP contribution in [0, 0.1) is 0 Å². The number of anilines is 2. The summed E-state index contributed by atoms with van der Waals surface area (Å²) in [6.45, 7) is 0. The highest BCUT2D eigenvalue weighted by Gasteiger charge is 2.18.